The Morgan fingerprint density at radius 3 is 2.60 bits per heavy atom. The summed E-state index contributed by atoms with van der Waals surface area (Å²) >= 11 is 6.14. The lowest BCUT2D eigenvalue weighted by Crippen LogP contribution is -2.44. The molecule has 0 radical (unpaired) electrons. The Kier molecular flexibility index (Phi) is 6.66. The van der Waals surface area contributed by atoms with Gasteiger partial charge in [0, 0.05) is 38.4 Å². The highest BCUT2D eigenvalue weighted by atomic mass is 35.5. The van der Waals surface area contributed by atoms with Crippen molar-refractivity contribution in [2.24, 2.45) is 15.7 Å². The molecule has 0 unspecified atom stereocenters. The molecule has 8 heteroatoms. The van der Waals surface area contributed by atoms with E-state index in [0.29, 0.717) is 23.1 Å². The first-order chi connectivity index (χ1) is 12.0. The number of anilines is 2. The summed E-state index contributed by atoms with van der Waals surface area (Å²) in [6.07, 6.45) is 0. The van der Waals surface area contributed by atoms with Crippen LogP contribution in [0.4, 0.5) is 17.1 Å². The van der Waals surface area contributed by atoms with Gasteiger partial charge in [0.2, 0.25) is 0 Å². The zero-order valence-corrected chi connectivity index (χ0v) is 15.6. The number of rotatable bonds is 5. The van der Waals surface area contributed by atoms with Gasteiger partial charge >= 0.3 is 0 Å². The monoisotopic (exact) mass is 363 g/mol. The van der Waals surface area contributed by atoms with Crippen LogP contribution in [0.15, 0.2) is 39.0 Å². The average Bonchev–Trinajstić information content (AvgIpc) is 2.60. The van der Waals surface area contributed by atoms with Crippen LogP contribution >= 0.6 is 11.6 Å². The van der Waals surface area contributed by atoms with Gasteiger partial charge in [-0.2, -0.15) is 0 Å². The van der Waals surface area contributed by atoms with E-state index in [4.69, 9.17) is 23.1 Å². The first-order valence-corrected chi connectivity index (χ1v) is 8.62. The van der Waals surface area contributed by atoms with Crippen LogP contribution in [-0.2, 0) is 0 Å². The zero-order valence-electron chi connectivity index (χ0n) is 14.8. The Hall–Kier alpha value is -2.25. The van der Waals surface area contributed by atoms with Gasteiger partial charge in [0.1, 0.15) is 10.9 Å². The molecule has 0 aliphatic carbocycles. The van der Waals surface area contributed by atoms with Gasteiger partial charge in [-0.25, -0.2) is 9.98 Å². The van der Waals surface area contributed by atoms with Crippen molar-refractivity contribution >= 4 is 41.2 Å². The van der Waals surface area contributed by atoms with Crippen LogP contribution in [0.5, 0.6) is 0 Å². The Balaban J connectivity index is 2.41. The number of benzene rings is 1. The third-order valence-electron chi connectivity index (χ3n) is 4.03. The molecule has 1 aromatic carbocycles. The van der Waals surface area contributed by atoms with Crippen molar-refractivity contribution in [3.63, 3.8) is 0 Å². The minimum atomic E-state index is 0.255. The number of nitrogen functional groups attached to an aromatic ring is 1. The van der Waals surface area contributed by atoms with Gasteiger partial charge < -0.3 is 26.6 Å². The predicted molar refractivity (Wildman–Crippen MR) is 108 cm³/mol. The van der Waals surface area contributed by atoms with Crippen molar-refractivity contribution in [2.45, 2.75) is 6.92 Å². The van der Waals surface area contributed by atoms with Crippen molar-refractivity contribution < 1.29 is 0 Å². The molecule has 0 saturated carbocycles. The van der Waals surface area contributed by atoms with Gasteiger partial charge in [-0.1, -0.05) is 11.6 Å². The normalized spacial score (nSPS) is 17.2. The van der Waals surface area contributed by atoms with Crippen LogP contribution in [0.3, 0.4) is 0 Å². The first kappa shape index (κ1) is 19.1. The Morgan fingerprint density at radius 2 is 2.00 bits per heavy atom. The van der Waals surface area contributed by atoms with Crippen molar-refractivity contribution in [3.05, 3.63) is 29.1 Å². The largest absolute Gasteiger partial charge is 0.399 e. The van der Waals surface area contributed by atoms with Gasteiger partial charge in [-0.05, 0) is 38.9 Å². The fourth-order valence-corrected chi connectivity index (χ4v) is 2.81. The molecule has 1 aliphatic rings. The smallest absolute Gasteiger partial charge is 0.178 e. The van der Waals surface area contributed by atoms with Crippen LogP contribution < -0.4 is 21.7 Å². The van der Waals surface area contributed by atoms with Gasteiger partial charge in [-0.15, -0.1) is 0 Å². The minimum Gasteiger partial charge on any atom is -0.399 e. The molecule has 7 nitrogen and oxygen atoms in total. The maximum atomic E-state index is 6.14. The SMILES string of the molecule is C=NC(=Nc1cc(N)ccc1N1CCN(C)CC1)C(N)=C(Cl)NCC. The zero-order chi connectivity index (χ0) is 18.4. The summed E-state index contributed by atoms with van der Waals surface area (Å²) in [7, 11) is 2.12. The molecule has 5 N–H and O–H groups in total. The van der Waals surface area contributed by atoms with Crippen LogP contribution in [0.1, 0.15) is 6.92 Å². The Bertz CT molecular complexity index is 676. The molecule has 0 spiro atoms. The quantitative estimate of drug-likeness (QED) is 0.320. The van der Waals surface area contributed by atoms with E-state index >= 15 is 0 Å². The van der Waals surface area contributed by atoms with E-state index in [1.165, 1.54) is 0 Å². The highest BCUT2D eigenvalue weighted by Crippen LogP contribution is 2.32. The third kappa shape index (κ3) is 4.87. The molecule has 2 rings (SSSR count). The van der Waals surface area contributed by atoms with Crippen molar-refractivity contribution in [3.8, 4) is 0 Å². The van der Waals surface area contributed by atoms with Gasteiger partial charge in [0.25, 0.3) is 0 Å². The number of nitrogens with two attached hydrogens (primary N) is 2. The number of aliphatic imine (C=N–C) groups is 2. The molecule has 1 aromatic rings. The highest BCUT2D eigenvalue weighted by molar-refractivity contribution is 6.31. The lowest BCUT2D eigenvalue weighted by molar-refractivity contribution is 0.313. The van der Waals surface area contributed by atoms with E-state index in [1.807, 2.05) is 25.1 Å². The summed E-state index contributed by atoms with van der Waals surface area (Å²) in [5, 5.41) is 3.26. The predicted octanol–water partition coefficient (Wildman–Crippen LogP) is 1.73. The Labute approximate surface area is 154 Å². The molecule has 1 heterocycles. The fraction of sp³-hybridized carbons (Fsp3) is 0.412. The minimum absolute atomic E-state index is 0.255. The number of nitrogens with one attached hydrogen (secondary N) is 1. The van der Waals surface area contributed by atoms with E-state index in [9.17, 15) is 0 Å². The molecular formula is C17H26ClN7. The number of halogens is 1. The summed E-state index contributed by atoms with van der Waals surface area (Å²) in [6, 6.07) is 5.66. The van der Waals surface area contributed by atoms with Gasteiger partial charge in [-0.3, -0.25) is 0 Å². The number of hydrogen-bond donors (Lipinski definition) is 3. The Morgan fingerprint density at radius 1 is 1.32 bits per heavy atom. The van der Waals surface area contributed by atoms with E-state index in [0.717, 1.165) is 31.9 Å². The third-order valence-corrected chi connectivity index (χ3v) is 4.37. The molecule has 1 saturated heterocycles. The summed E-state index contributed by atoms with van der Waals surface area (Å²) in [4.78, 5) is 13.1. The molecule has 25 heavy (non-hydrogen) atoms. The highest BCUT2D eigenvalue weighted by Gasteiger charge is 2.18. The molecular weight excluding hydrogens is 338 g/mol. The van der Waals surface area contributed by atoms with Crippen LogP contribution in [0.2, 0.25) is 0 Å². The van der Waals surface area contributed by atoms with E-state index in [-0.39, 0.29) is 11.5 Å². The second-order valence-electron chi connectivity index (χ2n) is 5.89. The topological polar surface area (TPSA) is 95.3 Å². The molecule has 0 atom stereocenters. The van der Waals surface area contributed by atoms with E-state index in [2.05, 4.69) is 38.9 Å². The second-order valence-corrected chi connectivity index (χ2v) is 6.27. The molecule has 0 bridgehead atoms. The van der Waals surface area contributed by atoms with Crippen molar-refractivity contribution in [2.75, 3.05) is 50.4 Å². The van der Waals surface area contributed by atoms with Crippen molar-refractivity contribution in [1.29, 1.82) is 0 Å². The average molecular weight is 364 g/mol. The first-order valence-electron chi connectivity index (χ1n) is 8.24. The van der Waals surface area contributed by atoms with Crippen LogP contribution in [0.25, 0.3) is 0 Å². The summed E-state index contributed by atoms with van der Waals surface area (Å²) in [6.45, 7) is 9.97. The summed E-state index contributed by atoms with van der Waals surface area (Å²) in [5.41, 5.74) is 14.6. The fourth-order valence-electron chi connectivity index (χ4n) is 2.59. The second kappa shape index (κ2) is 8.73. The van der Waals surface area contributed by atoms with E-state index < -0.39 is 0 Å². The van der Waals surface area contributed by atoms with E-state index in [1.54, 1.807) is 0 Å². The number of piperazine rings is 1. The van der Waals surface area contributed by atoms with Crippen LogP contribution in [0, 0.1) is 0 Å². The molecule has 0 aromatic heterocycles. The molecule has 136 valence electrons. The molecule has 0 amide bonds. The number of likely N-dealkylation sites (N-methyl/N-ethyl adjacent to an activating group) is 1. The maximum absolute atomic E-state index is 6.14. The molecule has 1 fully saturated rings. The number of nitrogens with zero attached hydrogens (tertiary/aromatic N) is 4. The summed E-state index contributed by atoms with van der Waals surface area (Å²) in [5.74, 6) is 0.270. The summed E-state index contributed by atoms with van der Waals surface area (Å²) < 4.78 is 0. The molecule has 1 aliphatic heterocycles. The lowest BCUT2D eigenvalue weighted by Gasteiger charge is -2.34. The standard InChI is InChI=1S/C17H26ClN7/c1-4-22-16(18)15(20)17(21-2)23-13-11-12(19)5-6-14(13)25-9-7-24(3)8-10-25/h5-6,11,22H,2,4,7-10,19-20H2,1,3H3. The van der Waals surface area contributed by atoms with Gasteiger partial charge in [0.05, 0.1) is 11.4 Å². The van der Waals surface area contributed by atoms with Crippen molar-refractivity contribution in [1.82, 2.24) is 10.2 Å². The maximum Gasteiger partial charge on any atom is 0.178 e. The van der Waals surface area contributed by atoms with Crippen LogP contribution in [-0.4, -0.2) is 57.2 Å². The number of hydrogen-bond acceptors (Lipinski definition) is 6. The lowest BCUT2D eigenvalue weighted by atomic mass is 10.2. The van der Waals surface area contributed by atoms with Gasteiger partial charge in [0.15, 0.2) is 5.84 Å². The number of amidine groups is 1.